The first kappa shape index (κ1) is 13.9. The van der Waals surface area contributed by atoms with Crippen LogP contribution in [0, 0.1) is 5.92 Å². The summed E-state index contributed by atoms with van der Waals surface area (Å²) < 4.78 is 5.88. The van der Waals surface area contributed by atoms with Gasteiger partial charge in [0.1, 0.15) is 5.75 Å². The van der Waals surface area contributed by atoms with Crippen molar-refractivity contribution in [3.63, 3.8) is 0 Å². The van der Waals surface area contributed by atoms with Crippen LogP contribution < -0.4 is 15.4 Å². The van der Waals surface area contributed by atoms with Crippen molar-refractivity contribution in [3.8, 4) is 5.75 Å². The number of nitrogens with two attached hydrogens (primary N) is 1. The van der Waals surface area contributed by atoms with Crippen LogP contribution in [0.25, 0.3) is 0 Å². The molecule has 1 unspecified atom stereocenters. The van der Waals surface area contributed by atoms with E-state index in [0.717, 1.165) is 30.0 Å². The van der Waals surface area contributed by atoms with E-state index < -0.39 is 6.10 Å². The average Bonchev–Trinajstić information content (AvgIpc) is 2.40. The summed E-state index contributed by atoms with van der Waals surface area (Å²) in [6.45, 7) is 7.28. The van der Waals surface area contributed by atoms with Crippen LogP contribution in [0.2, 0.25) is 0 Å². The lowest BCUT2D eigenvalue weighted by Gasteiger charge is -2.36. The Morgan fingerprint density at radius 2 is 2.16 bits per heavy atom. The van der Waals surface area contributed by atoms with Gasteiger partial charge in [0.25, 0.3) is 5.91 Å². The molecule has 0 aromatic heterocycles. The molecule has 0 saturated carbocycles. The molecule has 0 bridgehead atoms. The lowest BCUT2D eigenvalue weighted by Crippen LogP contribution is -2.48. The number of anilines is 1. The van der Waals surface area contributed by atoms with E-state index in [0.29, 0.717) is 6.54 Å². The Morgan fingerprint density at radius 1 is 1.42 bits per heavy atom. The van der Waals surface area contributed by atoms with Gasteiger partial charge in [-0.1, -0.05) is 26.8 Å². The number of carbonyl (C=O) groups is 1. The first-order valence-electron chi connectivity index (χ1n) is 6.89. The average molecular weight is 262 g/mol. The molecule has 0 spiro atoms. The van der Waals surface area contributed by atoms with Crippen LogP contribution in [0.3, 0.4) is 0 Å². The topological polar surface area (TPSA) is 55.6 Å². The second-order valence-electron chi connectivity index (χ2n) is 5.28. The van der Waals surface area contributed by atoms with Crippen molar-refractivity contribution in [2.45, 2.75) is 39.8 Å². The second kappa shape index (κ2) is 5.61. The van der Waals surface area contributed by atoms with Crippen molar-refractivity contribution in [1.82, 2.24) is 0 Å². The Labute approximate surface area is 114 Å². The second-order valence-corrected chi connectivity index (χ2v) is 5.28. The molecule has 0 fully saturated rings. The van der Waals surface area contributed by atoms with Crippen LogP contribution in [0.15, 0.2) is 18.2 Å². The molecule has 4 nitrogen and oxygen atoms in total. The predicted octanol–water partition coefficient (Wildman–Crippen LogP) is 2.31. The zero-order valence-electron chi connectivity index (χ0n) is 11.8. The van der Waals surface area contributed by atoms with Gasteiger partial charge in [0.2, 0.25) is 0 Å². The molecule has 1 aromatic rings. The van der Waals surface area contributed by atoms with Crippen LogP contribution in [0.4, 0.5) is 5.69 Å². The Kier molecular flexibility index (Phi) is 4.10. The molecule has 1 aromatic carbocycles. The molecule has 1 aliphatic rings. The SMILES string of the molecule is CCCN1C(=O)C(C(C)C)Oc2cc(CN)ccc21. The molecule has 0 saturated heterocycles. The number of hydrogen-bond acceptors (Lipinski definition) is 3. The maximum absolute atomic E-state index is 12.5. The Balaban J connectivity index is 2.43. The Morgan fingerprint density at radius 3 is 2.74 bits per heavy atom. The first-order valence-corrected chi connectivity index (χ1v) is 6.89. The third kappa shape index (κ3) is 2.59. The molecule has 4 heteroatoms. The van der Waals surface area contributed by atoms with Crippen molar-refractivity contribution >= 4 is 11.6 Å². The number of ether oxygens (including phenoxy) is 1. The summed E-state index contributed by atoms with van der Waals surface area (Å²) >= 11 is 0. The fourth-order valence-electron chi connectivity index (χ4n) is 2.34. The third-order valence-corrected chi connectivity index (χ3v) is 3.37. The lowest BCUT2D eigenvalue weighted by molar-refractivity contribution is -0.128. The predicted molar refractivity (Wildman–Crippen MR) is 76.2 cm³/mol. The minimum atomic E-state index is -0.396. The summed E-state index contributed by atoms with van der Waals surface area (Å²) in [5.41, 5.74) is 7.54. The minimum Gasteiger partial charge on any atom is -0.478 e. The number of rotatable bonds is 4. The fourth-order valence-corrected chi connectivity index (χ4v) is 2.34. The Hall–Kier alpha value is -1.55. The third-order valence-electron chi connectivity index (χ3n) is 3.37. The van der Waals surface area contributed by atoms with E-state index in [2.05, 4.69) is 6.92 Å². The van der Waals surface area contributed by atoms with E-state index >= 15 is 0 Å². The van der Waals surface area contributed by atoms with Gasteiger partial charge >= 0.3 is 0 Å². The van der Waals surface area contributed by atoms with E-state index in [4.69, 9.17) is 10.5 Å². The molecular weight excluding hydrogens is 240 g/mol. The molecule has 0 radical (unpaired) electrons. The molecule has 2 N–H and O–H groups in total. The van der Waals surface area contributed by atoms with Crippen LogP contribution in [0.1, 0.15) is 32.8 Å². The zero-order valence-corrected chi connectivity index (χ0v) is 11.8. The van der Waals surface area contributed by atoms with Gasteiger partial charge in [0, 0.05) is 13.1 Å². The van der Waals surface area contributed by atoms with Crippen molar-refractivity contribution in [2.24, 2.45) is 11.7 Å². The van der Waals surface area contributed by atoms with Crippen LogP contribution in [-0.2, 0) is 11.3 Å². The molecule has 1 aliphatic heterocycles. The number of fused-ring (bicyclic) bond motifs is 1. The quantitative estimate of drug-likeness (QED) is 0.906. The van der Waals surface area contributed by atoms with Crippen molar-refractivity contribution in [3.05, 3.63) is 23.8 Å². The summed E-state index contributed by atoms with van der Waals surface area (Å²) in [6.07, 6.45) is 0.529. The highest BCUT2D eigenvalue weighted by Gasteiger charge is 2.35. The van der Waals surface area contributed by atoms with Crippen molar-refractivity contribution < 1.29 is 9.53 Å². The van der Waals surface area contributed by atoms with E-state index in [-0.39, 0.29) is 11.8 Å². The molecule has 0 aliphatic carbocycles. The maximum atomic E-state index is 12.5. The molecule has 19 heavy (non-hydrogen) atoms. The number of amides is 1. The lowest BCUT2D eigenvalue weighted by atomic mass is 10.0. The van der Waals surface area contributed by atoms with Crippen LogP contribution in [0.5, 0.6) is 5.75 Å². The normalized spacial score (nSPS) is 18.5. The smallest absolute Gasteiger partial charge is 0.268 e. The number of hydrogen-bond donors (Lipinski definition) is 1. The minimum absolute atomic E-state index is 0.0600. The molecular formula is C15H22N2O2. The molecule has 1 amide bonds. The molecule has 104 valence electrons. The summed E-state index contributed by atoms with van der Waals surface area (Å²) in [5, 5.41) is 0. The van der Waals surface area contributed by atoms with Gasteiger partial charge in [-0.3, -0.25) is 4.79 Å². The van der Waals surface area contributed by atoms with E-state index in [1.54, 1.807) is 0 Å². The van der Waals surface area contributed by atoms with Crippen LogP contribution in [-0.4, -0.2) is 18.6 Å². The number of nitrogens with zero attached hydrogens (tertiary/aromatic N) is 1. The maximum Gasteiger partial charge on any atom is 0.268 e. The summed E-state index contributed by atoms with van der Waals surface area (Å²) in [5.74, 6) is 0.987. The zero-order chi connectivity index (χ0) is 14.0. The van der Waals surface area contributed by atoms with Gasteiger partial charge in [-0.2, -0.15) is 0 Å². The van der Waals surface area contributed by atoms with Crippen molar-refractivity contribution in [1.29, 1.82) is 0 Å². The fraction of sp³-hybridized carbons (Fsp3) is 0.533. The summed E-state index contributed by atoms with van der Waals surface area (Å²) in [7, 11) is 0. The molecule has 2 rings (SSSR count). The van der Waals surface area contributed by atoms with Gasteiger partial charge in [0.05, 0.1) is 5.69 Å². The highest BCUT2D eigenvalue weighted by molar-refractivity contribution is 6.00. The summed E-state index contributed by atoms with van der Waals surface area (Å²) in [4.78, 5) is 14.3. The standard InChI is InChI=1S/C15H22N2O2/c1-4-7-17-12-6-5-11(9-16)8-13(12)19-14(10(2)3)15(17)18/h5-6,8,10,14H,4,7,9,16H2,1-3H3. The van der Waals surface area contributed by atoms with Crippen molar-refractivity contribution in [2.75, 3.05) is 11.4 Å². The molecule has 1 heterocycles. The highest BCUT2D eigenvalue weighted by Crippen LogP contribution is 2.36. The van der Waals surface area contributed by atoms with E-state index in [9.17, 15) is 4.79 Å². The summed E-state index contributed by atoms with van der Waals surface area (Å²) in [6, 6.07) is 5.83. The van der Waals surface area contributed by atoms with Gasteiger partial charge in [-0.25, -0.2) is 0 Å². The highest BCUT2D eigenvalue weighted by atomic mass is 16.5. The van der Waals surface area contributed by atoms with Gasteiger partial charge < -0.3 is 15.4 Å². The molecule has 1 atom stereocenters. The number of carbonyl (C=O) groups excluding carboxylic acids is 1. The van der Waals surface area contributed by atoms with E-state index in [1.807, 2.05) is 36.9 Å². The first-order chi connectivity index (χ1) is 9.08. The number of benzene rings is 1. The van der Waals surface area contributed by atoms with Gasteiger partial charge in [-0.05, 0) is 30.0 Å². The van der Waals surface area contributed by atoms with E-state index in [1.165, 1.54) is 0 Å². The van der Waals surface area contributed by atoms with Gasteiger partial charge in [0.15, 0.2) is 6.10 Å². The van der Waals surface area contributed by atoms with Crippen LogP contribution >= 0.6 is 0 Å². The monoisotopic (exact) mass is 262 g/mol. The largest absolute Gasteiger partial charge is 0.478 e. The van der Waals surface area contributed by atoms with Gasteiger partial charge in [-0.15, -0.1) is 0 Å². The Bertz CT molecular complexity index is 471.